The lowest BCUT2D eigenvalue weighted by Gasteiger charge is -2.24. The second-order valence-electron chi connectivity index (χ2n) is 6.32. The van der Waals surface area contributed by atoms with Crippen LogP contribution in [-0.4, -0.2) is 40.6 Å². The molecule has 0 heterocycles. The molecule has 6 nitrogen and oxygen atoms in total. The van der Waals surface area contributed by atoms with E-state index in [-0.39, 0.29) is 22.2 Å². The second-order valence-corrected chi connectivity index (χ2v) is 9.00. The number of amides is 1. The Morgan fingerprint density at radius 1 is 1.10 bits per heavy atom. The van der Waals surface area contributed by atoms with E-state index >= 15 is 0 Å². The summed E-state index contributed by atoms with van der Waals surface area (Å²) in [5.41, 5.74) is 1.18. The van der Waals surface area contributed by atoms with Crippen molar-refractivity contribution >= 4 is 44.8 Å². The number of carbonyl (C=O) groups excluding carboxylic acids is 1. The van der Waals surface area contributed by atoms with Crippen LogP contribution in [0.5, 0.6) is 0 Å². The van der Waals surface area contributed by atoms with Gasteiger partial charge in [0.15, 0.2) is 0 Å². The molecule has 2 aromatic rings. The Kier molecular flexibility index (Phi) is 8.77. The fourth-order valence-electron chi connectivity index (χ4n) is 2.53. The molecule has 1 N–H and O–H groups in total. The maximum atomic E-state index is 13.2. The minimum Gasteiger partial charge on any atom is -0.382 e. The van der Waals surface area contributed by atoms with Crippen molar-refractivity contribution in [3.63, 3.8) is 0 Å². The summed E-state index contributed by atoms with van der Waals surface area (Å²) in [4.78, 5) is 12.5. The second kappa shape index (κ2) is 10.8. The molecule has 2 rings (SSSR count). The molecule has 29 heavy (non-hydrogen) atoms. The number of anilines is 1. The Hall–Kier alpha value is -1.80. The summed E-state index contributed by atoms with van der Waals surface area (Å²) < 4.78 is 32.7. The molecule has 0 aliphatic heterocycles. The van der Waals surface area contributed by atoms with Gasteiger partial charge < -0.3 is 10.1 Å². The summed E-state index contributed by atoms with van der Waals surface area (Å²) in [6, 6.07) is 10.9. The van der Waals surface area contributed by atoms with Crippen LogP contribution < -0.4 is 9.62 Å². The number of carbonyl (C=O) groups is 1. The number of hydrogen-bond donors (Lipinski definition) is 1. The summed E-state index contributed by atoms with van der Waals surface area (Å²) in [7, 11) is -3.99. The van der Waals surface area contributed by atoms with E-state index in [9.17, 15) is 13.2 Å². The minimum atomic E-state index is -3.99. The Balaban J connectivity index is 2.27. The van der Waals surface area contributed by atoms with E-state index in [1.807, 2.05) is 13.8 Å². The first kappa shape index (κ1) is 23.5. The first-order valence-corrected chi connectivity index (χ1v) is 11.3. The third-order valence-electron chi connectivity index (χ3n) is 4.08. The number of halogens is 2. The molecule has 0 aliphatic rings. The topological polar surface area (TPSA) is 75.7 Å². The van der Waals surface area contributed by atoms with E-state index < -0.39 is 15.9 Å². The molecule has 0 spiro atoms. The monoisotopic (exact) mass is 458 g/mol. The Morgan fingerprint density at radius 3 is 2.41 bits per heavy atom. The molecule has 0 atom stereocenters. The van der Waals surface area contributed by atoms with Crippen LogP contribution in [0.15, 0.2) is 47.4 Å². The molecule has 0 radical (unpaired) electrons. The van der Waals surface area contributed by atoms with Crippen molar-refractivity contribution in [2.45, 2.75) is 25.2 Å². The van der Waals surface area contributed by atoms with Gasteiger partial charge in [0.1, 0.15) is 6.54 Å². The predicted octanol–water partition coefficient (Wildman–Crippen LogP) is 4.04. The van der Waals surface area contributed by atoms with Gasteiger partial charge in [0.25, 0.3) is 10.0 Å². The smallest absolute Gasteiger partial charge is 0.264 e. The van der Waals surface area contributed by atoms with Crippen LogP contribution in [0, 0.1) is 6.92 Å². The summed E-state index contributed by atoms with van der Waals surface area (Å²) in [6.07, 6.45) is 0.636. The van der Waals surface area contributed by atoms with Crippen LogP contribution >= 0.6 is 23.2 Å². The number of aryl methyl sites for hydroxylation is 1. The standard InChI is InChI=1S/C20H24Cl2N2O4S/c1-3-28-12-4-11-23-20(25)14-24(16-7-10-18(21)19(22)13-16)29(26,27)17-8-5-15(2)6-9-17/h5-10,13H,3-4,11-12,14H2,1-2H3,(H,23,25). The maximum absolute atomic E-state index is 13.2. The van der Waals surface area contributed by atoms with Crippen LogP contribution in [0.25, 0.3) is 0 Å². The Morgan fingerprint density at radius 2 is 1.79 bits per heavy atom. The molecule has 9 heteroatoms. The first-order valence-electron chi connectivity index (χ1n) is 9.14. The van der Waals surface area contributed by atoms with Crippen LogP contribution in [0.4, 0.5) is 5.69 Å². The molecule has 0 aliphatic carbocycles. The zero-order chi connectivity index (χ0) is 21.4. The van der Waals surface area contributed by atoms with Crippen molar-refractivity contribution in [3.8, 4) is 0 Å². The van der Waals surface area contributed by atoms with Crippen LogP contribution in [0.2, 0.25) is 10.0 Å². The summed E-state index contributed by atoms with van der Waals surface area (Å²) in [6.45, 7) is 4.89. The van der Waals surface area contributed by atoms with E-state index in [0.717, 1.165) is 9.87 Å². The van der Waals surface area contributed by atoms with Crippen LogP contribution in [0.1, 0.15) is 18.9 Å². The largest absolute Gasteiger partial charge is 0.382 e. The number of nitrogens with zero attached hydrogens (tertiary/aromatic N) is 1. The molecule has 1 amide bonds. The van der Waals surface area contributed by atoms with E-state index in [2.05, 4.69) is 5.32 Å². The van der Waals surface area contributed by atoms with E-state index in [1.165, 1.54) is 30.3 Å². The van der Waals surface area contributed by atoms with Gasteiger partial charge in [-0.1, -0.05) is 40.9 Å². The molecular weight excluding hydrogens is 435 g/mol. The third kappa shape index (κ3) is 6.60. The Bertz CT molecular complexity index is 934. The summed E-state index contributed by atoms with van der Waals surface area (Å²) in [5.74, 6) is -0.428. The molecule has 2 aromatic carbocycles. The van der Waals surface area contributed by atoms with Crippen molar-refractivity contribution < 1.29 is 17.9 Å². The Labute approximate surface area is 181 Å². The van der Waals surface area contributed by atoms with Crippen molar-refractivity contribution in [1.82, 2.24) is 5.32 Å². The van der Waals surface area contributed by atoms with Gasteiger partial charge in [-0.3, -0.25) is 9.10 Å². The molecule has 0 saturated heterocycles. The van der Waals surface area contributed by atoms with Crippen molar-refractivity contribution in [1.29, 1.82) is 0 Å². The number of sulfonamides is 1. The van der Waals surface area contributed by atoms with E-state index in [0.29, 0.717) is 31.2 Å². The van der Waals surface area contributed by atoms with Gasteiger partial charge in [-0.25, -0.2) is 8.42 Å². The number of nitrogens with one attached hydrogen (secondary N) is 1. The van der Waals surface area contributed by atoms with Gasteiger partial charge in [-0.15, -0.1) is 0 Å². The molecule has 0 fully saturated rings. The van der Waals surface area contributed by atoms with Crippen LogP contribution in [0.3, 0.4) is 0 Å². The molecule has 0 bridgehead atoms. The fourth-order valence-corrected chi connectivity index (χ4v) is 4.23. The number of rotatable bonds is 10. The predicted molar refractivity (Wildman–Crippen MR) is 116 cm³/mol. The van der Waals surface area contributed by atoms with Crippen molar-refractivity contribution in [3.05, 3.63) is 58.1 Å². The van der Waals surface area contributed by atoms with Gasteiger partial charge in [-0.2, -0.15) is 0 Å². The highest BCUT2D eigenvalue weighted by atomic mass is 35.5. The van der Waals surface area contributed by atoms with Gasteiger partial charge in [0, 0.05) is 19.8 Å². The van der Waals surface area contributed by atoms with Crippen molar-refractivity contribution in [2.75, 3.05) is 30.6 Å². The maximum Gasteiger partial charge on any atom is 0.264 e. The molecular formula is C20H24Cl2N2O4S. The average Bonchev–Trinajstić information content (AvgIpc) is 2.68. The van der Waals surface area contributed by atoms with Crippen LogP contribution in [-0.2, 0) is 19.6 Å². The normalized spacial score (nSPS) is 11.3. The summed E-state index contributed by atoms with van der Waals surface area (Å²) in [5, 5.41) is 3.21. The first-order chi connectivity index (χ1) is 13.8. The average molecular weight is 459 g/mol. The van der Waals surface area contributed by atoms with Gasteiger partial charge in [0.2, 0.25) is 5.91 Å². The highest BCUT2D eigenvalue weighted by molar-refractivity contribution is 7.92. The fraction of sp³-hybridized carbons (Fsp3) is 0.350. The quantitative estimate of drug-likeness (QED) is 0.545. The minimum absolute atomic E-state index is 0.0818. The molecule has 0 saturated carbocycles. The lowest BCUT2D eigenvalue weighted by Crippen LogP contribution is -2.41. The highest BCUT2D eigenvalue weighted by Gasteiger charge is 2.27. The van der Waals surface area contributed by atoms with E-state index in [4.69, 9.17) is 27.9 Å². The van der Waals surface area contributed by atoms with E-state index in [1.54, 1.807) is 12.1 Å². The lowest BCUT2D eigenvalue weighted by molar-refractivity contribution is -0.119. The van der Waals surface area contributed by atoms with Gasteiger partial charge in [-0.05, 0) is 50.6 Å². The molecule has 158 valence electrons. The number of hydrogen-bond acceptors (Lipinski definition) is 4. The zero-order valence-electron chi connectivity index (χ0n) is 16.3. The van der Waals surface area contributed by atoms with Gasteiger partial charge >= 0.3 is 0 Å². The lowest BCUT2D eigenvalue weighted by atomic mass is 10.2. The third-order valence-corrected chi connectivity index (χ3v) is 6.61. The zero-order valence-corrected chi connectivity index (χ0v) is 18.6. The number of ether oxygens (including phenoxy) is 1. The molecule has 0 unspecified atom stereocenters. The SMILES string of the molecule is CCOCCCNC(=O)CN(c1ccc(Cl)c(Cl)c1)S(=O)(=O)c1ccc(C)cc1. The summed E-state index contributed by atoms with van der Waals surface area (Å²) >= 11 is 12.0. The van der Waals surface area contributed by atoms with Gasteiger partial charge in [0.05, 0.1) is 20.6 Å². The number of benzene rings is 2. The van der Waals surface area contributed by atoms with Crippen molar-refractivity contribution in [2.24, 2.45) is 0 Å². The highest BCUT2D eigenvalue weighted by Crippen LogP contribution is 2.30. The molecule has 0 aromatic heterocycles.